The van der Waals surface area contributed by atoms with Crippen molar-refractivity contribution in [2.45, 2.75) is 25.8 Å². The SMILES string of the molecule is CCCC(C(=O)NN)N(C)CC(=O)N(C)C. The molecule has 94 valence electrons. The van der Waals surface area contributed by atoms with Crippen LogP contribution in [0.1, 0.15) is 19.8 Å². The number of carbonyl (C=O) groups is 2. The van der Waals surface area contributed by atoms with E-state index in [1.54, 1.807) is 26.0 Å². The zero-order valence-electron chi connectivity index (χ0n) is 10.5. The molecule has 6 nitrogen and oxygen atoms in total. The van der Waals surface area contributed by atoms with Gasteiger partial charge < -0.3 is 4.90 Å². The molecular weight excluding hydrogens is 208 g/mol. The van der Waals surface area contributed by atoms with Crippen LogP contribution in [0, 0.1) is 0 Å². The zero-order valence-corrected chi connectivity index (χ0v) is 10.5. The van der Waals surface area contributed by atoms with E-state index in [0.29, 0.717) is 6.42 Å². The van der Waals surface area contributed by atoms with Gasteiger partial charge in [0.05, 0.1) is 12.6 Å². The summed E-state index contributed by atoms with van der Waals surface area (Å²) < 4.78 is 0. The molecule has 0 aromatic heterocycles. The van der Waals surface area contributed by atoms with Gasteiger partial charge in [0.25, 0.3) is 5.91 Å². The molecule has 0 aliphatic carbocycles. The Labute approximate surface area is 96.7 Å². The number of nitrogens with two attached hydrogens (primary N) is 1. The second-order valence-corrected chi connectivity index (χ2v) is 4.02. The van der Waals surface area contributed by atoms with Crippen LogP contribution in [0.25, 0.3) is 0 Å². The molecule has 1 unspecified atom stereocenters. The van der Waals surface area contributed by atoms with E-state index in [0.717, 1.165) is 6.42 Å². The van der Waals surface area contributed by atoms with E-state index in [1.165, 1.54) is 4.90 Å². The number of carbonyl (C=O) groups excluding carboxylic acids is 2. The van der Waals surface area contributed by atoms with Crippen molar-refractivity contribution in [3.05, 3.63) is 0 Å². The van der Waals surface area contributed by atoms with Crippen LogP contribution in [0.2, 0.25) is 0 Å². The number of hydrogen-bond acceptors (Lipinski definition) is 4. The first kappa shape index (κ1) is 14.9. The largest absolute Gasteiger partial charge is 0.348 e. The monoisotopic (exact) mass is 230 g/mol. The normalized spacial score (nSPS) is 12.4. The van der Waals surface area contributed by atoms with Gasteiger partial charge >= 0.3 is 0 Å². The predicted octanol–water partition coefficient (Wildman–Crippen LogP) is -0.835. The van der Waals surface area contributed by atoms with E-state index < -0.39 is 0 Å². The average Bonchev–Trinajstić information content (AvgIpc) is 2.24. The van der Waals surface area contributed by atoms with E-state index in [4.69, 9.17) is 5.84 Å². The second kappa shape index (κ2) is 7.19. The van der Waals surface area contributed by atoms with Crippen molar-refractivity contribution in [1.82, 2.24) is 15.2 Å². The van der Waals surface area contributed by atoms with Gasteiger partial charge in [0.15, 0.2) is 0 Å². The van der Waals surface area contributed by atoms with Crippen molar-refractivity contribution in [3.63, 3.8) is 0 Å². The maximum Gasteiger partial charge on any atom is 0.251 e. The Hall–Kier alpha value is -1.14. The molecule has 0 aromatic carbocycles. The number of amides is 2. The van der Waals surface area contributed by atoms with Crippen molar-refractivity contribution in [2.75, 3.05) is 27.7 Å². The summed E-state index contributed by atoms with van der Waals surface area (Å²) in [5.41, 5.74) is 2.13. The maximum atomic E-state index is 11.5. The third-order valence-electron chi connectivity index (χ3n) is 2.42. The fourth-order valence-electron chi connectivity index (χ4n) is 1.39. The molecule has 2 amide bonds. The molecule has 6 heteroatoms. The van der Waals surface area contributed by atoms with Crippen molar-refractivity contribution in [1.29, 1.82) is 0 Å². The maximum absolute atomic E-state index is 11.5. The molecule has 0 aliphatic rings. The Balaban J connectivity index is 4.43. The average molecular weight is 230 g/mol. The second-order valence-electron chi connectivity index (χ2n) is 4.02. The van der Waals surface area contributed by atoms with E-state index in [2.05, 4.69) is 5.43 Å². The van der Waals surface area contributed by atoms with Crippen molar-refractivity contribution < 1.29 is 9.59 Å². The number of hydrogen-bond donors (Lipinski definition) is 2. The minimum atomic E-state index is -0.348. The Morgan fingerprint density at radius 3 is 2.25 bits per heavy atom. The highest BCUT2D eigenvalue weighted by Gasteiger charge is 2.23. The van der Waals surface area contributed by atoms with Gasteiger partial charge in [-0.2, -0.15) is 0 Å². The molecule has 0 spiro atoms. The minimum absolute atomic E-state index is 0.0339. The molecule has 0 heterocycles. The smallest absolute Gasteiger partial charge is 0.251 e. The molecular formula is C10H22N4O2. The van der Waals surface area contributed by atoms with Crippen molar-refractivity contribution >= 4 is 11.8 Å². The molecule has 16 heavy (non-hydrogen) atoms. The fraction of sp³-hybridized carbons (Fsp3) is 0.800. The molecule has 1 atom stereocenters. The van der Waals surface area contributed by atoms with Gasteiger partial charge in [-0.15, -0.1) is 0 Å². The predicted molar refractivity (Wildman–Crippen MR) is 62.4 cm³/mol. The number of nitrogens with one attached hydrogen (secondary N) is 1. The highest BCUT2D eigenvalue weighted by molar-refractivity contribution is 5.83. The fourth-order valence-corrected chi connectivity index (χ4v) is 1.39. The Kier molecular flexibility index (Phi) is 6.67. The van der Waals surface area contributed by atoms with Crippen LogP contribution in [-0.2, 0) is 9.59 Å². The summed E-state index contributed by atoms with van der Waals surface area (Å²) in [4.78, 5) is 26.2. The van der Waals surface area contributed by atoms with E-state index in [9.17, 15) is 9.59 Å². The first-order valence-electron chi connectivity index (χ1n) is 5.34. The summed E-state index contributed by atoms with van der Waals surface area (Å²) in [7, 11) is 5.12. The van der Waals surface area contributed by atoms with Gasteiger partial charge in [-0.3, -0.25) is 19.9 Å². The zero-order chi connectivity index (χ0) is 12.7. The van der Waals surface area contributed by atoms with Gasteiger partial charge in [0.1, 0.15) is 0 Å². The van der Waals surface area contributed by atoms with E-state index >= 15 is 0 Å². The lowest BCUT2D eigenvalue weighted by Gasteiger charge is -2.26. The summed E-state index contributed by atoms with van der Waals surface area (Å²) in [6, 6.07) is -0.348. The van der Waals surface area contributed by atoms with Gasteiger partial charge in [0.2, 0.25) is 5.91 Å². The molecule has 0 bridgehead atoms. The molecule has 0 aliphatic heterocycles. The van der Waals surface area contributed by atoms with Crippen LogP contribution in [0.5, 0.6) is 0 Å². The number of nitrogens with zero attached hydrogens (tertiary/aromatic N) is 2. The lowest BCUT2D eigenvalue weighted by Crippen LogP contribution is -2.50. The van der Waals surface area contributed by atoms with Crippen molar-refractivity contribution in [2.24, 2.45) is 5.84 Å². The van der Waals surface area contributed by atoms with Crippen LogP contribution >= 0.6 is 0 Å². The number of rotatable bonds is 6. The Morgan fingerprint density at radius 2 is 1.88 bits per heavy atom. The van der Waals surface area contributed by atoms with Crippen LogP contribution in [0.4, 0.5) is 0 Å². The first-order valence-corrected chi connectivity index (χ1v) is 5.34. The summed E-state index contributed by atoms with van der Waals surface area (Å²) in [6.45, 7) is 2.20. The molecule has 0 rings (SSSR count). The number of hydrazine groups is 1. The van der Waals surface area contributed by atoms with Crippen LogP contribution < -0.4 is 11.3 Å². The van der Waals surface area contributed by atoms with Crippen molar-refractivity contribution in [3.8, 4) is 0 Å². The van der Waals surface area contributed by atoms with Gasteiger partial charge in [-0.1, -0.05) is 13.3 Å². The minimum Gasteiger partial charge on any atom is -0.348 e. The molecule has 0 saturated carbocycles. The molecule has 0 saturated heterocycles. The summed E-state index contributed by atoms with van der Waals surface area (Å²) >= 11 is 0. The Morgan fingerprint density at radius 1 is 1.31 bits per heavy atom. The lowest BCUT2D eigenvalue weighted by atomic mass is 10.1. The third-order valence-corrected chi connectivity index (χ3v) is 2.42. The summed E-state index contributed by atoms with van der Waals surface area (Å²) in [6.07, 6.45) is 1.54. The highest BCUT2D eigenvalue weighted by atomic mass is 16.2. The molecule has 0 fully saturated rings. The number of likely N-dealkylation sites (N-methyl/N-ethyl adjacent to an activating group) is 2. The van der Waals surface area contributed by atoms with E-state index in [1.807, 2.05) is 6.92 Å². The standard InChI is InChI=1S/C10H22N4O2/c1-5-6-8(10(16)12-11)14(4)7-9(15)13(2)3/h8H,5-7,11H2,1-4H3,(H,12,16). The van der Waals surface area contributed by atoms with Crippen LogP contribution in [-0.4, -0.2) is 55.3 Å². The Bertz CT molecular complexity index is 243. The molecule has 0 radical (unpaired) electrons. The third kappa shape index (κ3) is 4.59. The quantitative estimate of drug-likeness (QED) is 0.354. The van der Waals surface area contributed by atoms with Crippen LogP contribution in [0.3, 0.4) is 0 Å². The summed E-state index contributed by atoms with van der Waals surface area (Å²) in [5.74, 6) is 4.82. The highest BCUT2D eigenvalue weighted by Crippen LogP contribution is 2.05. The van der Waals surface area contributed by atoms with Gasteiger partial charge in [-0.05, 0) is 13.5 Å². The molecule has 3 N–H and O–H groups in total. The topological polar surface area (TPSA) is 78.7 Å². The lowest BCUT2D eigenvalue weighted by molar-refractivity contribution is -0.132. The van der Waals surface area contributed by atoms with Crippen LogP contribution in [0.15, 0.2) is 0 Å². The van der Waals surface area contributed by atoms with Gasteiger partial charge in [0, 0.05) is 14.1 Å². The van der Waals surface area contributed by atoms with E-state index in [-0.39, 0.29) is 24.4 Å². The van der Waals surface area contributed by atoms with Gasteiger partial charge in [-0.25, -0.2) is 5.84 Å². The molecule has 0 aromatic rings. The summed E-state index contributed by atoms with van der Waals surface area (Å²) in [5, 5.41) is 0. The first-order chi connectivity index (χ1) is 7.43.